The number of amidine groups is 1. The minimum absolute atomic E-state index is 0.122. The molecule has 0 bridgehead atoms. The largest absolute Gasteiger partial charge is 0.409 e. The lowest BCUT2D eigenvalue weighted by molar-refractivity contribution is 0.183. The summed E-state index contributed by atoms with van der Waals surface area (Å²) in [6, 6.07) is 8.24. The highest BCUT2D eigenvalue weighted by molar-refractivity contribution is 5.97. The van der Waals surface area contributed by atoms with Crippen molar-refractivity contribution in [3.05, 3.63) is 35.4 Å². The quantitative estimate of drug-likeness (QED) is 0.300. The van der Waals surface area contributed by atoms with Gasteiger partial charge in [0.2, 0.25) is 0 Å². The molecule has 1 fully saturated rings. The summed E-state index contributed by atoms with van der Waals surface area (Å²) in [5, 5.41) is 20.7. The Balaban J connectivity index is 2.08. The first-order chi connectivity index (χ1) is 8.74. The van der Waals surface area contributed by atoms with Crippen LogP contribution < -0.4 is 5.73 Å². The maximum atomic E-state index is 9.06. The average molecular weight is 249 g/mol. The summed E-state index contributed by atoms with van der Waals surface area (Å²) in [5.41, 5.74) is 7.40. The molecule has 0 radical (unpaired) electrons. The molecule has 0 spiro atoms. The summed E-state index contributed by atoms with van der Waals surface area (Å²) in [6.45, 7) is 1.66. The van der Waals surface area contributed by atoms with Gasteiger partial charge in [0, 0.05) is 24.7 Å². The average Bonchev–Trinajstić information content (AvgIpc) is 3.22. The molecule has 1 aliphatic rings. The second-order valence-corrected chi connectivity index (χ2v) is 4.61. The molecule has 1 aromatic carbocycles. The van der Waals surface area contributed by atoms with Gasteiger partial charge >= 0.3 is 0 Å². The first-order valence-corrected chi connectivity index (χ1v) is 6.16. The molecule has 0 aromatic heterocycles. The van der Waals surface area contributed by atoms with Crippen LogP contribution in [0.5, 0.6) is 0 Å². The van der Waals surface area contributed by atoms with Crippen LogP contribution in [0.4, 0.5) is 0 Å². The van der Waals surface area contributed by atoms with Gasteiger partial charge < -0.3 is 16.0 Å². The predicted molar refractivity (Wildman–Crippen MR) is 69.5 cm³/mol. The number of hydrogen-bond acceptors (Lipinski definition) is 4. The van der Waals surface area contributed by atoms with Crippen molar-refractivity contribution in [2.75, 3.05) is 13.2 Å². The van der Waals surface area contributed by atoms with Gasteiger partial charge in [-0.2, -0.15) is 0 Å². The van der Waals surface area contributed by atoms with Gasteiger partial charge in [-0.3, -0.25) is 4.90 Å². The van der Waals surface area contributed by atoms with Gasteiger partial charge in [0.15, 0.2) is 5.84 Å². The number of nitrogens with zero attached hydrogens (tertiary/aromatic N) is 2. The van der Waals surface area contributed by atoms with Crippen molar-refractivity contribution >= 4 is 5.84 Å². The first kappa shape index (κ1) is 12.9. The minimum Gasteiger partial charge on any atom is -0.409 e. The second kappa shape index (κ2) is 5.84. The summed E-state index contributed by atoms with van der Waals surface area (Å²) in [5.74, 6) is 0.122. The molecule has 18 heavy (non-hydrogen) atoms. The molecule has 0 aliphatic heterocycles. The zero-order valence-electron chi connectivity index (χ0n) is 10.3. The van der Waals surface area contributed by atoms with E-state index >= 15 is 0 Å². The molecule has 4 N–H and O–H groups in total. The highest BCUT2D eigenvalue weighted by Crippen LogP contribution is 2.28. The van der Waals surface area contributed by atoms with Crippen molar-refractivity contribution in [1.29, 1.82) is 0 Å². The molecule has 98 valence electrons. The van der Waals surface area contributed by atoms with Crippen LogP contribution in [0.1, 0.15) is 24.0 Å². The Labute approximate surface area is 107 Å². The Morgan fingerprint density at radius 1 is 1.44 bits per heavy atom. The Kier molecular flexibility index (Phi) is 4.17. The Bertz CT molecular complexity index is 430. The van der Waals surface area contributed by atoms with Crippen LogP contribution in [-0.4, -0.2) is 40.2 Å². The van der Waals surface area contributed by atoms with E-state index in [-0.39, 0.29) is 12.4 Å². The topological polar surface area (TPSA) is 82.1 Å². The number of aliphatic hydroxyl groups excluding tert-OH is 1. The summed E-state index contributed by atoms with van der Waals surface area (Å²) in [7, 11) is 0. The van der Waals surface area contributed by atoms with Crippen LogP contribution in [0, 0.1) is 0 Å². The van der Waals surface area contributed by atoms with E-state index in [9.17, 15) is 0 Å². The molecule has 2 rings (SSSR count). The molecular formula is C13H19N3O2. The van der Waals surface area contributed by atoms with Gasteiger partial charge in [-0.25, -0.2) is 0 Å². The molecular weight excluding hydrogens is 230 g/mol. The van der Waals surface area contributed by atoms with Crippen molar-refractivity contribution in [2.45, 2.75) is 25.4 Å². The van der Waals surface area contributed by atoms with E-state index in [1.807, 2.05) is 24.3 Å². The second-order valence-electron chi connectivity index (χ2n) is 4.61. The van der Waals surface area contributed by atoms with E-state index < -0.39 is 0 Å². The third kappa shape index (κ3) is 3.21. The SMILES string of the molecule is N/C(=N/O)c1cccc(CN(CCO)C2CC2)c1. The van der Waals surface area contributed by atoms with E-state index in [0.717, 1.165) is 17.7 Å². The van der Waals surface area contributed by atoms with Crippen LogP contribution in [0.25, 0.3) is 0 Å². The van der Waals surface area contributed by atoms with Gasteiger partial charge in [-0.05, 0) is 24.5 Å². The smallest absolute Gasteiger partial charge is 0.170 e. The summed E-state index contributed by atoms with van der Waals surface area (Å²) < 4.78 is 0. The van der Waals surface area contributed by atoms with Crippen LogP contribution in [0.2, 0.25) is 0 Å². The van der Waals surface area contributed by atoms with Crippen LogP contribution >= 0.6 is 0 Å². The third-order valence-corrected chi connectivity index (χ3v) is 3.17. The standard InChI is InChI=1S/C13H19N3O2/c14-13(15-18)11-3-1-2-10(8-11)9-16(6-7-17)12-4-5-12/h1-3,8,12,17-18H,4-7,9H2,(H2,14,15). The van der Waals surface area contributed by atoms with Crippen molar-refractivity contribution in [3.8, 4) is 0 Å². The Morgan fingerprint density at radius 3 is 2.83 bits per heavy atom. The van der Waals surface area contributed by atoms with Gasteiger partial charge in [-0.1, -0.05) is 23.4 Å². The zero-order chi connectivity index (χ0) is 13.0. The lowest BCUT2D eigenvalue weighted by atomic mass is 10.1. The van der Waals surface area contributed by atoms with Gasteiger partial charge in [0.25, 0.3) is 0 Å². The number of rotatable bonds is 6. The lowest BCUT2D eigenvalue weighted by Gasteiger charge is -2.21. The number of hydrogen-bond donors (Lipinski definition) is 3. The monoisotopic (exact) mass is 249 g/mol. The fraction of sp³-hybridized carbons (Fsp3) is 0.462. The first-order valence-electron chi connectivity index (χ1n) is 6.16. The zero-order valence-corrected chi connectivity index (χ0v) is 10.3. The van der Waals surface area contributed by atoms with Crippen molar-refractivity contribution in [1.82, 2.24) is 4.90 Å². The molecule has 0 unspecified atom stereocenters. The van der Waals surface area contributed by atoms with Gasteiger partial charge in [0.1, 0.15) is 0 Å². The lowest BCUT2D eigenvalue weighted by Crippen LogP contribution is -2.28. The van der Waals surface area contributed by atoms with Gasteiger partial charge in [0.05, 0.1) is 6.61 Å². The molecule has 0 saturated heterocycles. The fourth-order valence-electron chi connectivity index (χ4n) is 2.08. The normalized spacial score (nSPS) is 16.2. The van der Waals surface area contributed by atoms with Crippen LogP contribution in [0.15, 0.2) is 29.4 Å². The van der Waals surface area contributed by atoms with Crippen LogP contribution in [0.3, 0.4) is 0 Å². The Hall–Kier alpha value is -1.59. The molecule has 0 amide bonds. The number of aliphatic hydroxyl groups is 1. The maximum absolute atomic E-state index is 9.06. The molecule has 1 saturated carbocycles. The fourth-order valence-corrected chi connectivity index (χ4v) is 2.08. The number of benzene rings is 1. The predicted octanol–water partition coefficient (Wildman–Crippen LogP) is 0.738. The molecule has 0 heterocycles. The van der Waals surface area contributed by atoms with E-state index in [4.69, 9.17) is 16.0 Å². The third-order valence-electron chi connectivity index (χ3n) is 3.17. The molecule has 5 heteroatoms. The number of oxime groups is 1. The highest BCUT2D eigenvalue weighted by Gasteiger charge is 2.28. The van der Waals surface area contributed by atoms with E-state index in [1.165, 1.54) is 12.8 Å². The minimum atomic E-state index is 0.122. The molecule has 0 atom stereocenters. The molecule has 1 aliphatic carbocycles. The summed E-state index contributed by atoms with van der Waals surface area (Å²) in [4.78, 5) is 2.27. The van der Waals surface area contributed by atoms with Crippen molar-refractivity contribution in [3.63, 3.8) is 0 Å². The van der Waals surface area contributed by atoms with Crippen molar-refractivity contribution < 1.29 is 10.3 Å². The van der Waals surface area contributed by atoms with Crippen LogP contribution in [-0.2, 0) is 6.54 Å². The van der Waals surface area contributed by atoms with E-state index in [1.54, 1.807) is 0 Å². The Morgan fingerprint density at radius 2 is 2.22 bits per heavy atom. The highest BCUT2D eigenvalue weighted by atomic mass is 16.4. The number of nitrogens with two attached hydrogens (primary N) is 1. The van der Waals surface area contributed by atoms with Gasteiger partial charge in [-0.15, -0.1) is 0 Å². The maximum Gasteiger partial charge on any atom is 0.170 e. The summed E-state index contributed by atoms with van der Waals surface area (Å²) in [6.07, 6.45) is 2.42. The van der Waals surface area contributed by atoms with E-state index in [2.05, 4.69) is 10.1 Å². The molecule has 1 aromatic rings. The summed E-state index contributed by atoms with van der Waals surface area (Å²) >= 11 is 0. The van der Waals surface area contributed by atoms with E-state index in [0.29, 0.717) is 12.6 Å². The van der Waals surface area contributed by atoms with Crippen molar-refractivity contribution in [2.24, 2.45) is 10.9 Å². The molecule has 5 nitrogen and oxygen atoms in total.